The van der Waals surface area contributed by atoms with E-state index >= 15 is 0 Å². The summed E-state index contributed by atoms with van der Waals surface area (Å²) in [4.78, 5) is 12.2. The highest BCUT2D eigenvalue weighted by Gasteiger charge is 2.18. The fourth-order valence-electron chi connectivity index (χ4n) is 2.73. The Labute approximate surface area is 108 Å². The lowest BCUT2D eigenvalue weighted by Crippen LogP contribution is -2.07. The van der Waals surface area contributed by atoms with E-state index in [4.69, 9.17) is 10.5 Å². The Bertz CT molecular complexity index is 423. The van der Waals surface area contributed by atoms with Crippen molar-refractivity contribution in [3.8, 4) is 5.75 Å². The van der Waals surface area contributed by atoms with Crippen LogP contribution < -0.4 is 10.5 Å². The van der Waals surface area contributed by atoms with E-state index in [1.165, 1.54) is 25.7 Å². The van der Waals surface area contributed by atoms with Crippen molar-refractivity contribution in [3.05, 3.63) is 23.8 Å². The van der Waals surface area contributed by atoms with Crippen molar-refractivity contribution in [2.24, 2.45) is 5.92 Å². The van der Waals surface area contributed by atoms with Gasteiger partial charge >= 0.3 is 0 Å². The van der Waals surface area contributed by atoms with Crippen LogP contribution in [-0.4, -0.2) is 12.9 Å². The zero-order chi connectivity index (χ0) is 13.0. The Balaban J connectivity index is 1.99. The summed E-state index contributed by atoms with van der Waals surface area (Å²) in [5, 5.41) is 0. The molecule has 2 rings (SSSR count). The monoisotopic (exact) mass is 247 g/mol. The molecule has 0 aliphatic heterocycles. The van der Waals surface area contributed by atoms with Crippen LogP contribution in [0.2, 0.25) is 0 Å². The maximum absolute atomic E-state index is 12.2. The Morgan fingerprint density at radius 3 is 2.78 bits per heavy atom. The average molecular weight is 247 g/mol. The molecule has 3 heteroatoms. The SMILES string of the molecule is COc1cccc(C(=O)CCC2CCCC2)c1N. The molecule has 1 aliphatic rings. The van der Waals surface area contributed by atoms with Gasteiger partial charge in [-0.05, 0) is 24.5 Å². The zero-order valence-electron chi connectivity index (χ0n) is 10.9. The minimum atomic E-state index is 0.137. The molecule has 98 valence electrons. The van der Waals surface area contributed by atoms with Crippen molar-refractivity contribution in [2.45, 2.75) is 38.5 Å². The molecule has 1 aliphatic carbocycles. The van der Waals surface area contributed by atoms with E-state index < -0.39 is 0 Å². The van der Waals surface area contributed by atoms with E-state index in [2.05, 4.69) is 0 Å². The minimum Gasteiger partial charge on any atom is -0.495 e. The molecule has 0 heterocycles. The number of carbonyl (C=O) groups excluding carboxylic acids is 1. The van der Waals surface area contributed by atoms with Crippen LogP contribution in [-0.2, 0) is 0 Å². The van der Waals surface area contributed by atoms with E-state index in [9.17, 15) is 4.79 Å². The van der Waals surface area contributed by atoms with Gasteiger partial charge in [0.25, 0.3) is 0 Å². The molecule has 1 aromatic rings. The van der Waals surface area contributed by atoms with Crippen molar-refractivity contribution in [3.63, 3.8) is 0 Å². The van der Waals surface area contributed by atoms with Crippen LogP contribution in [0.4, 0.5) is 5.69 Å². The number of para-hydroxylation sites is 1. The third-order valence-corrected chi connectivity index (χ3v) is 3.84. The van der Waals surface area contributed by atoms with E-state index in [0.29, 0.717) is 23.4 Å². The van der Waals surface area contributed by atoms with Crippen molar-refractivity contribution >= 4 is 11.5 Å². The highest BCUT2D eigenvalue weighted by molar-refractivity contribution is 6.01. The number of benzene rings is 1. The normalized spacial score (nSPS) is 15.8. The van der Waals surface area contributed by atoms with E-state index in [1.807, 2.05) is 6.07 Å². The third kappa shape index (κ3) is 2.84. The zero-order valence-corrected chi connectivity index (χ0v) is 10.9. The van der Waals surface area contributed by atoms with Crippen molar-refractivity contribution < 1.29 is 9.53 Å². The van der Waals surface area contributed by atoms with Gasteiger partial charge in [0.2, 0.25) is 0 Å². The van der Waals surface area contributed by atoms with Gasteiger partial charge in [-0.25, -0.2) is 0 Å². The second-order valence-electron chi connectivity index (χ2n) is 5.03. The van der Waals surface area contributed by atoms with Crippen molar-refractivity contribution in [2.75, 3.05) is 12.8 Å². The Morgan fingerprint density at radius 2 is 2.11 bits per heavy atom. The molecule has 3 nitrogen and oxygen atoms in total. The number of hydrogen-bond acceptors (Lipinski definition) is 3. The molecule has 0 bridgehead atoms. The number of nitrogens with two attached hydrogens (primary N) is 1. The summed E-state index contributed by atoms with van der Waals surface area (Å²) in [6.07, 6.45) is 6.79. The molecule has 0 unspecified atom stereocenters. The second-order valence-corrected chi connectivity index (χ2v) is 5.03. The highest BCUT2D eigenvalue weighted by atomic mass is 16.5. The summed E-state index contributed by atoms with van der Waals surface area (Å²) in [7, 11) is 1.57. The van der Waals surface area contributed by atoms with Crippen LogP contribution >= 0.6 is 0 Å². The van der Waals surface area contributed by atoms with Gasteiger partial charge < -0.3 is 10.5 Å². The molecule has 0 spiro atoms. The predicted octanol–water partition coefficient (Wildman–Crippen LogP) is 3.43. The molecule has 0 amide bonds. The summed E-state index contributed by atoms with van der Waals surface area (Å²) in [6, 6.07) is 5.38. The fourth-order valence-corrected chi connectivity index (χ4v) is 2.73. The molecular weight excluding hydrogens is 226 g/mol. The molecule has 1 aromatic carbocycles. The molecule has 1 fully saturated rings. The number of rotatable bonds is 5. The number of Topliss-reactive ketones (excluding diaryl/α,β-unsaturated/α-hetero) is 1. The number of hydrogen-bond donors (Lipinski definition) is 1. The Morgan fingerprint density at radius 1 is 1.39 bits per heavy atom. The summed E-state index contributed by atoms with van der Waals surface area (Å²) >= 11 is 0. The van der Waals surface area contributed by atoms with Crippen molar-refractivity contribution in [1.29, 1.82) is 0 Å². The van der Waals surface area contributed by atoms with Gasteiger partial charge in [0.05, 0.1) is 12.8 Å². The van der Waals surface area contributed by atoms with Gasteiger partial charge in [0.1, 0.15) is 5.75 Å². The largest absolute Gasteiger partial charge is 0.495 e. The number of carbonyl (C=O) groups is 1. The van der Waals surface area contributed by atoms with Gasteiger partial charge in [-0.1, -0.05) is 31.7 Å². The smallest absolute Gasteiger partial charge is 0.165 e. The number of methoxy groups -OCH3 is 1. The summed E-state index contributed by atoms with van der Waals surface area (Å²) in [5.74, 6) is 1.46. The standard InChI is InChI=1S/C15H21NO2/c1-18-14-8-4-7-12(15(14)16)13(17)10-9-11-5-2-3-6-11/h4,7-8,11H,2-3,5-6,9-10,16H2,1H3. The van der Waals surface area contributed by atoms with E-state index in [-0.39, 0.29) is 5.78 Å². The summed E-state index contributed by atoms with van der Waals surface area (Å²) < 4.78 is 5.14. The molecule has 0 aromatic heterocycles. The number of nitrogen functional groups attached to an aromatic ring is 1. The molecule has 2 N–H and O–H groups in total. The van der Waals surface area contributed by atoms with Gasteiger partial charge in [-0.2, -0.15) is 0 Å². The summed E-state index contributed by atoms with van der Waals surface area (Å²) in [6.45, 7) is 0. The van der Waals surface area contributed by atoms with Crippen LogP contribution in [0.1, 0.15) is 48.9 Å². The lowest BCUT2D eigenvalue weighted by molar-refractivity contribution is 0.0974. The number of ether oxygens (including phenoxy) is 1. The first-order valence-electron chi connectivity index (χ1n) is 6.68. The van der Waals surface area contributed by atoms with Gasteiger partial charge in [-0.3, -0.25) is 4.79 Å². The molecule has 0 radical (unpaired) electrons. The molecule has 18 heavy (non-hydrogen) atoms. The second kappa shape index (κ2) is 5.89. The molecule has 0 atom stereocenters. The van der Waals surface area contributed by atoms with E-state index in [1.54, 1.807) is 19.2 Å². The minimum absolute atomic E-state index is 0.137. The van der Waals surface area contributed by atoms with Crippen LogP contribution in [0.3, 0.4) is 0 Å². The summed E-state index contributed by atoms with van der Waals surface area (Å²) in [5.41, 5.74) is 7.01. The topological polar surface area (TPSA) is 52.3 Å². The highest BCUT2D eigenvalue weighted by Crippen LogP contribution is 2.30. The van der Waals surface area contributed by atoms with Gasteiger partial charge in [0, 0.05) is 12.0 Å². The Kier molecular flexibility index (Phi) is 4.24. The molecule has 0 saturated heterocycles. The third-order valence-electron chi connectivity index (χ3n) is 3.84. The molecule has 1 saturated carbocycles. The van der Waals surface area contributed by atoms with E-state index in [0.717, 1.165) is 12.3 Å². The first-order valence-corrected chi connectivity index (χ1v) is 6.68. The maximum atomic E-state index is 12.2. The van der Waals surface area contributed by atoms with Crippen LogP contribution in [0.15, 0.2) is 18.2 Å². The number of ketones is 1. The average Bonchev–Trinajstić information content (AvgIpc) is 2.89. The van der Waals surface area contributed by atoms with Gasteiger partial charge in [0.15, 0.2) is 5.78 Å². The molecular formula is C15H21NO2. The van der Waals surface area contributed by atoms with Crippen molar-refractivity contribution in [1.82, 2.24) is 0 Å². The maximum Gasteiger partial charge on any atom is 0.165 e. The quantitative estimate of drug-likeness (QED) is 0.640. The van der Waals surface area contributed by atoms with Crippen LogP contribution in [0.5, 0.6) is 5.75 Å². The lowest BCUT2D eigenvalue weighted by atomic mass is 9.97. The van der Waals surface area contributed by atoms with Crippen LogP contribution in [0, 0.1) is 5.92 Å². The fraction of sp³-hybridized carbons (Fsp3) is 0.533. The lowest BCUT2D eigenvalue weighted by Gasteiger charge is -2.11. The number of anilines is 1. The predicted molar refractivity (Wildman–Crippen MR) is 72.9 cm³/mol. The first-order chi connectivity index (χ1) is 8.72. The van der Waals surface area contributed by atoms with Crippen LogP contribution in [0.25, 0.3) is 0 Å². The Hall–Kier alpha value is -1.51. The first kappa shape index (κ1) is 12.9. The van der Waals surface area contributed by atoms with Gasteiger partial charge in [-0.15, -0.1) is 0 Å².